The van der Waals surface area contributed by atoms with E-state index in [1.54, 1.807) is 0 Å². The van der Waals surface area contributed by atoms with Gasteiger partial charge in [0.25, 0.3) is 0 Å². The lowest BCUT2D eigenvalue weighted by atomic mass is 10.0. The van der Waals surface area contributed by atoms with E-state index in [1.165, 1.54) is 0 Å². The molecule has 1 saturated heterocycles. The van der Waals surface area contributed by atoms with Gasteiger partial charge in [-0.25, -0.2) is 0 Å². The second kappa shape index (κ2) is 8.03. The van der Waals surface area contributed by atoms with Gasteiger partial charge in [-0.3, -0.25) is 4.79 Å². The minimum Gasteiger partial charge on any atom is -0.490 e. The minimum atomic E-state index is 0.0835. The van der Waals surface area contributed by atoms with Crippen molar-refractivity contribution >= 4 is 5.91 Å². The van der Waals surface area contributed by atoms with Crippen LogP contribution in [0.5, 0.6) is 5.75 Å². The molecule has 0 aliphatic carbocycles. The molecule has 2 N–H and O–H groups in total. The van der Waals surface area contributed by atoms with E-state index in [-0.39, 0.29) is 17.9 Å². The molecule has 1 amide bonds. The molecule has 1 aromatic rings. The molecule has 1 aliphatic heterocycles. The lowest BCUT2D eigenvalue weighted by molar-refractivity contribution is -0.137. The first-order valence-corrected chi connectivity index (χ1v) is 7.91. The number of nitrogens with zero attached hydrogens (tertiary/aromatic N) is 1. The van der Waals surface area contributed by atoms with Crippen molar-refractivity contribution in [3.05, 3.63) is 30.3 Å². The standard InChI is InChI=1S/C17H26N2O2/c1-14(6-5-11-18)17(20)19-12-9-16(10-13-19)21-15-7-3-2-4-8-15/h2-4,7-8,14,16H,5-6,9-13,18H2,1H3. The molecule has 0 radical (unpaired) electrons. The summed E-state index contributed by atoms with van der Waals surface area (Å²) in [5, 5.41) is 0. The Morgan fingerprint density at radius 2 is 2.00 bits per heavy atom. The van der Waals surface area contributed by atoms with Crippen LogP contribution in [-0.2, 0) is 4.79 Å². The Hall–Kier alpha value is -1.55. The topological polar surface area (TPSA) is 55.6 Å². The van der Waals surface area contributed by atoms with Gasteiger partial charge in [-0.05, 0) is 31.5 Å². The molecule has 2 rings (SSSR count). The third-order valence-corrected chi connectivity index (χ3v) is 4.06. The van der Waals surface area contributed by atoms with E-state index >= 15 is 0 Å². The number of nitrogens with two attached hydrogens (primary N) is 1. The molecule has 4 nitrogen and oxygen atoms in total. The molecule has 1 aromatic carbocycles. The summed E-state index contributed by atoms with van der Waals surface area (Å²) in [7, 11) is 0. The first-order valence-electron chi connectivity index (χ1n) is 7.91. The van der Waals surface area contributed by atoms with E-state index in [4.69, 9.17) is 10.5 Å². The molecule has 21 heavy (non-hydrogen) atoms. The van der Waals surface area contributed by atoms with Crippen molar-refractivity contribution in [2.45, 2.75) is 38.7 Å². The molecule has 0 saturated carbocycles. The Morgan fingerprint density at radius 1 is 1.33 bits per heavy atom. The van der Waals surface area contributed by atoms with E-state index < -0.39 is 0 Å². The Labute approximate surface area is 127 Å². The molecule has 1 atom stereocenters. The normalized spacial score (nSPS) is 17.5. The van der Waals surface area contributed by atoms with Gasteiger partial charge in [0.2, 0.25) is 5.91 Å². The van der Waals surface area contributed by atoms with Gasteiger partial charge in [0.1, 0.15) is 11.9 Å². The van der Waals surface area contributed by atoms with Crippen LogP contribution in [0.2, 0.25) is 0 Å². The molecule has 0 spiro atoms. The number of amides is 1. The molecule has 116 valence electrons. The Bertz CT molecular complexity index is 428. The van der Waals surface area contributed by atoms with E-state index in [9.17, 15) is 4.79 Å². The van der Waals surface area contributed by atoms with Gasteiger partial charge in [-0.2, -0.15) is 0 Å². The van der Waals surface area contributed by atoms with Crippen LogP contribution >= 0.6 is 0 Å². The lowest BCUT2D eigenvalue weighted by Crippen LogP contribution is -2.43. The molecular formula is C17H26N2O2. The summed E-state index contributed by atoms with van der Waals surface area (Å²) < 4.78 is 5.95. The highest BCUT2D eigenvalue weighted by atomic mass is 16.5. The molecular weight excluding hydrogens is 264 g/mol. The molecule has 1 unspecified atom stereocenters. The van der Waals surface area contributed by atoms with Crippen LogP contribution in [0, 0.1) is 5.92 Å². The average Bonchev–Trinajstić information content (AvgIpc) is 2.53. The number of rotatable bonds is 6. The van der Waals surface area contributed by atoms with Gasteiger partial charge in [0.15, 0.2) is 0 Å². The quantitative estimate of drug-likeness (QED) is 0.875. The maximum absolute atomic E-state index is 12.3. The van der Waals surface area contributed by atoms with Crippen molar-refractivity contribution in [1.29, 1.82) is 0 Å². The predicted octanol–water partition coefficient (Wildman–Crippen LogP) is 2.43. The van der Waals surface area contributed by atoms with Gasteiger partial charge in [-0.1, -0.05) is 25.1 Å². The second-order valence-corrected chi connectivity index (χ2v) is 5.79. The van der Waals surface area contributed by atoms with Crippen LogP contribution < -0.4 is 10.5 Å². The summed E-state index contributed by atoms with van der Waals surface area (Å²) in [5.74, 6) is 1.26. The first-order chi connectivity index (χ1) is 10.2. The van der Waals surface area contributed by atoms with Crippen molar-refractivity contribution in [1.82, 2.24) is 4.90 Å². The zero-order chi connectivity index (χ0) is 15.1. The maximum atomic E-state index is 12.3. The van der Waals surface area contributed by atoms with Crippen molar-refractivity contribution < 1.29 is 9.53 Å². The fourth-order valence-electron chi connectivity index (χ4n) is 2.74. The number of benzene rings is 1. The van der Waals surface area contributed by atoms with Crippen molar-refractivity contribution in [3.8, 4) is 5.75 Å². The van der Waals surface area contributed by atoms with E-state index in [2.05, 4.69) is 0 Å². The smallest absolute Gasteiger partial charge is 0.225 e. The fraction of sp³-hybridized carbons (Fsp3) is 0.588. The highest BCUT2D eigenvalue weighted by Crippen LogP contribution is 2.20. The summed E-state index contributed by atoms with van der Waals surface area (Å²) >= 11 is 0. The van der Waals surface area contributed by atoms with Gasteiger partial charge in [0, 0.05) is 31.8 Å². The average molecular weight is 290 g/mol. The zero-order valence-electron chi connectivity index (χ0n) is 12.8. The molecule has 4 heteroatoms. The third kappa shape index (κ3) is 4.74. The number of carbonyl (C=O) groups excluding carboxylic acids is 1. The number of likely N-dealkylation sites (tertiary alicyclic amines) is 1. The van der Waals surface area contributed by atoms with E-state index in [0.29, 0.717) is 6.54 Å². The summed E-state index contributed by atoms with van der Waals surface area (Å²) in [5.41, 5.74) is 5.51. The van der Waals surface area contributed by atoms with Gasteiger partial charge in [0.05, 0.1) is 0 Å². The molecule has 0 bridgehead atoms. The monoisotopic (exact) mass is 290 g/mol. The minimum absolute atomic E-state index is 0.0835. The maximum Gasteiger partial charge on any atom is 0.225 e. The Morgan fingerprint density at radius 3 is 2.62 bits per heavy atom. The number of para-hydroxylation sites is 1. The molecule has 1 fully saturated rings. The third-order valence-electron chi connectivity index (χ3n) is 4.06. The van der Waals surface area contributed by atoms with Gasteiger partial charge >= 0.3 is 0 Å². The summed E-state index contributed by atoms with van der Waals surface area (Å²) in [6, 6.07) is 9.90. The van der Waals surface area contributed by atoms with Gasteiger partial charge in [-0.15, -0.1) is 0 Å². The second-order valence-electron chi connectivity index (χ2n) is 5.79. The van der Waals surface area contributed by atoms with Gasteiger partial charge < -0.3 is 15.4 Å². The van der Waals surface area contributed by atoms with Crippen LogP contribution in [0.25, 0.3) is 0 Å². The molecule has 1 aliphatic rings. The van der Waals surface area contributed by atoms with Crippen LogP contribution in [-0.4, -0.2) is 36.5 Å². The Balaban J connectivity index is 1.76. The summed E-state index contributed by atoms with van der Waals surface area (Å²) in [6.07, 6.45) is 3.83. The first kappa shape index (κ1) is 15.8. The highest BCUT2D eigenvalue weighted by molar-refractivity contribution is 5.78. The number of carbonyl (C=O) groups is 1. The van der Waals surface area contributed by atoms with Crippen LogP contribution in [0.4, 0.5) is 0 Å². The largest absolute Gasteiger partial charge is 0.490 e. The van der Waals surface area contributed by atoms with Crippen molar-refractivity contribution in [3.63, 3.8) is 0 Å². The van der Waals surface area contributed by atoms with E-state index in [0.717, 1.165) is 44.5 Å². The van der Waals surface area contributed by atoms with Crippen LogP contribution in [0.15, 0.2) is 30.3 Å². The zero-order valence-corrected chi connectivity index (χ0v) is 12.8. The molecule has 1 heterocycles. The van der Waals surface area contributed by atoms with Crippen molar-refractivity contribution in [2.75, 3.05) is 19.6 Å². The Kier molecular flexibility index (Phi) is 6.05. The highest BCUT2D eigenvalue weighted by Gasteiger charge is 2.26. The number of piperidine rings is 1. The van der Waals surface area contributed by atoms with Crippen LogP contribution in [0.1, 0.15) is 32.6 Å². The number of hydrogen-bond donors (Lipinski definition) is 1. The molecule has 0 aromatic heterocycles. The van der Waals surface area contributed by atoms with Crippen molar-refractivity contribution in [2.24, 2.45) is 11.7 Å². The number of hydrogen-bond acceptors (Lipinski definition) is 3. The van der Waals surface area contributed by atoms with E-state index in [1.807, 2.05) is 42.2 Å². The van der Waals surface area contributed by atoms with Crippen LogP contribution in [0.3, 0.4) is 0 Å². The predicted molar refractivity (Wildman–Crippen MR) is 84.1 cm³/mol. The summed E-state index contributed by atoms with van der Waals surface area (Å²) in [6.45, 7) is 4.25. The summed E-state index contributed by atoms with van der Waals surface area (Å²) in [4.78, 5) is 14.3. The SMILES string of the molecule is CC(CCCN)C(=O)N1CCC(Oc2ccccc2)CC1. The lowest BCUT2D eigenvalue weighted by Gasteiger charge is -2.33. The number of ether oxygens (including phenoxy) is 1. The fourth-order valence-corrected chi connectivity index (χ4v) is 2.74.